The fraction of sp³-hybridized carbons (Fsp3) is 0.474. The number of carbonyl (C=O) groups excluding carboxylic acids is 1. The number of rotatable bonds is 4. The highest BCUT2D eigenvalue weighted by Crippen LogP contribution is 2.52. The number of carbonyl (C=O) groups is 1. The maximum Gasteiger partial charge on any atom is 0.226 e. The Morgan fingerprint density at radius 1 is 1.33 bits per heavy atom. The first-order chi connectivity index (χ1) is 11.7. The van der Waals surface area contributed by atoms with Crippen molar-refractivity contribution in [3.63, 3.8) is 0 Å². The summed E-state index contributed by atoms with van der Waals surface area (Å²) in [7, 11) is 3.61. The second-order valence-electron chi connectivity index (χ2n) is 6.83. The number of benzene rings is 1. The van der Waals surface area contributed by atoms with Gasteiger partial charge >= 0.3 is 0 Å². The van der Waals surface area contributed by atoms with E-state index in [-0.39, 0.29) is 17.9 Å². The van der Waals surface area contributed by atoms with Crippen molar-refractivity contribution in [2.75, 3.05) is 13.7 Å². The zero-order chi connectivity index (χ0) is 16.7. The second-order valence-corrected chi connectivity index (χ2v) is 6.83. The Bertz CT molecular complexity index is 755. The van der Waals surface area contributed by atoms with Crippen molar-refractivity contribution >= 4 is 5.91 Å². The van der Waals surface area contributed by atoms with E-state index in [2.05, 4.69) is 16.1 Å². The molecule has 2 aromatic rings. The largest absolute Gasteiger partial charge is 0.496 e. The van der Waals surface area contributed by atoms with Gasteiger partial charge in [-0.15, -0.1) is 0 Å². The summed E-state index contributed by atoms with van der Waals surface area (Å²) >= 11 is 0. The lowest BCUT2D eigenvalue weighted by atomic mass is 10.1. The standard InChI is InChI=1S/C19H23N3O2/c1-21-12-13(11-20-21)17-7-5-9-22(17)19(23)16-10-15(16)14-6-3-4-8-18(14)24-2/h3-4,6,8,11-12,15-17H,5,7,9-10H2,1-2H3/t15-,16-,17-/m0/s1. The van der Waals surface area contributed by atoms with Gasteiger partial charge in [0.1, 0.15) is 5.75 Å². The smallest absolute Gasteiger partial charge is 0.226 e. The van der Waals surface area contributed by atoms with Crippen LogP contribution in [0.15, 0.2) is 36.7 Å². The Morgan fingerprint density at radius 2 is 2.17 bits per heavy atom. The lowest BCUT2D eigenvalue weighted by molar-refractivity contribution is -0.133. The van der Waals surface area contributed by atoms with Crippen LogP contribution in [0.5, 0.6) is 5.75 Å². The number of likely N-dealkylation sites (tertiary alicyclic amines) is 1. The molecule has 3 atom stereocenters. The van der Waals surface area contributed by atoms with E-state index < -0.39 is 0 Å². The first-order valence-corrected chi connectivity index (χ1v) is 8.61. The molecule has 2 heterocycles. The van der Waals surface area contributed by atoms with E-state index in [0.29, 0.717) is 5.92 Å². The highest BCUT2D eigenvalue weighted by atomic mass is 16.5. The zero-order valence-electron chi connectivity index (χ0n) is 14.2. The molecule has 0 unspecified atom stereocenters. The van der Waals surface area contributed by atoms with Crippen molar-refractivity contribution in [2.24, 2.45) is 13.0 Å². The third-order valence-corrected chi connectivity index (χ3v) is 5.29. The molecule has 1 aliphatic heterocycles. The van der Waals surface area contributed by atoms with Gasteiger partial charge in [-0.25, -0.2) is 0 Å². The number of ether oxygens (including phenoxy) is 1. The molecule has 5 nitrogen and oxygen atoms in total. The topological polar surface area (TPSA) is 47.4 Å². The van der Waals surface area contributed by atoms with Crippen LogP contribution in [0.4, 0.5) is 0 Å². The van der Waals surface area contributed by atoms with Crippen molar-refractivity contribution < 1.29 is 9.53 Å². The summed E-state index contributed by atoms with van der Waals surface area (Å²) in [5.41, 5.74) is 2.31. The van der Waals surface area contributed by atoms with E-state index in [1.54, 1.807) is 7.11 Å². The van der Waals surface area contributed by atoms with Crippen LogP contribution >= 0.6 is 0 Å². The monoisotopic (exact) mass is 325 g/mol. The van der Waals surface area contributed by atoms with Gasteiger partial charge in [0.25, 0.3) is 0 Å². The molecule has 1 saturated heterocycles. The Morgan fingerprint density at radius 3 is 2.92 bits per heavy atom. The van der Waals surface area contributed by atoms with Crippen LogP contribution in [-0.4, -0.2) is 34.2 Å². The maximum absolute atomic E-state index is 13.0. The van der Waals surface area contributed by atoms with Crippen LogP contribution in [0.25, 0.3) is 0 Å². The molecular weight excluding hydrogens is 302 g/mol. The Labute approximate surface area is 142 Å². The third kappa shape index (κ3) is 2.58. The highest BCUT2D eigenvalue weighted by molar-refractivity contribution is 5.84. The number of methoxy groups -OCH3 is 1. The van der Waals surface area contributed by atoms with Crippen LogP contribution in [-0.2, 0) is 11.8 Å². The predicted molar refractivity (Wildman–Crippen MR) is 90.7 cm³/mol. The molecule has 5 heteroatoms. The molecule has 0 bridgehead atoms. The molecule has 4 rings (SSSR count). The molecule has 126 valence electrons. The summed E-state index contributed by atoms with van der Waals surface area (Å²) < 4.78 is 7.27. The number of hydrogen-bond acceptors (Lipinski definition) is 3. The molecule has 0 spiro atoms. The summed E-state index contributed by atoms with van der Waals surface area (Å²) in [6.45, 7) is 0.855. The number of para-hydroxylation sites is 1. The molecule has 24 heavy (non-hydrogen) atoms. The second kappa shape index (κ2) is 5.96. The minimum absolute atomic E-state index is 0.0959. The molecule has 0 N–H and O–H groups in total. The van der Waals surface area contributed by atoms with Gasteiger partial charge in [-0.2, -0.15) is 5.10 Å². The lowest BCUT2D eigenvalue weighted by Crippen LogP contribution is -2.32. The van der Waals surface area contributed by atoms with E-state index in [4.69, 9.17) is 4.74 Å². The molecule has 1 aromatic heterocycles. The molecule has 1 saturated carbocycles. The lowest BCUT2D eigenvalue weighted by Gasteiger charge is -2.24. The fourth-order valence-corrected chi connectivity index (χ4v) is 3.99. The molecule has 2 fully saturated rings. The van der Waals surface area contributed by atoms with Gasteiger partial charge in [-0.1, -0.05) is 18.2 Å². The van der Waals surface area contributed by atoms with Crippen molar-refractivity contribution in [2.45, 2.75) is 31.2 Å². The van der Waals surface area contributed by atoms with E-state index >= 15 is 0 Å². The molecular formula is C19H23N3O2. The summed E-state index contributed by atoms with van der Waals surface area (Å²) in [5.74, 6) is 1.57. The van der Waals surface area contributed by atoms with Crippen LogP contribution < -0.4 is 4.74 Å². The van der Waals surface area contributed by atoms with Gasteiger partial charge in [0.05, 0.1) is 19.3 Å². The molecule has 1 aliphatic carbocycles. The molecule has 2 aliphatic rings. The molecule has 0 radical (unpaired) electrons. The average molecular weight is 325 g/mol. The summed E-state index contributed by atoms with van der Waals surface area (Å²) in [5, 5.41) is 4.26. The number of aromatic nitrogens is 2. The minimum Gasteiger partial charge on any atom is -0.496 e. The highest BCUT2D eigenvalue weighted by Gasteiger charge is 2.48. The quantitative estimate of drug-likeness (QED) is 0.868. The van der Waals surface area contributed by atoms with Crippen LogP contribution in [0.1, 0.15) is 42.3 Å². The van der Waals surface area contributed by atoms with Gasteiger partial charge in [-0.05, 0) is 36.8 Å². The SMILES string of the molecule is COc1ccccc1[C@@H]1C[C@@H]1C(=O)N1CCC[C@H]1c1cnn(C)c1. The predicted octanol–water partition coefficient (Wildman–Crippen LogP) is 2.90. The van der Waals surface area contributed by atoms with E-state index in [1.165, 1.54) is 0 Å². The van der Waals surface area contributed by atoms with Crippen molar-refractivity contribution in [3.8, 4) is 5.75 Å². The van der Waals surface area contributed by atoms with Crippen LogP contribution in [0, 0.1) is 5.92 Å². The summed E-state index contributed by atoms with van der Waals surface area (Å²) in [6, 6.07) is 8.24. The van der Waals surface area contributed by atoms with Crippen molar-refractivity contribution in [3.05, 3.63) is 47.8 Å². The summed E-state index contributed by atoms with van der Waals surface area (Å²) in [6.07, 6.45) is 6.94. The Hall–Kier alpha value is -2.30. The van der Waals surface area contributed by atoms with E-state index in [0.717, 1.165) is 42.7 Å². The van der Waals surface area contributed by atoms with Crippen molar-refractivity contribution in [1.29, 1.82) is 0 Å². The number of amides is 1. The van der Waals surface area contributed by atoms with Gasteiger partial charge in [0, 0.05) is 31.3 Å². The zero-order valence-corrected chi connectivity index (χ0v) is 14.2. The van der Waals surface area contributed by atoms with E-state index in [9.17, 15) is 4.79 Å². The van der Waals surface area contributed by atoms with E-state index in [1.807, 2.05) is 42.3 Å². The number of hydrogen-bond donors (Lipinski definition) is 0. The third-order valence-electron chi connectivity index (χ3n) is 5.29. The number of nitrogens with zero attached hydrogens (tertiary/aromatic N) is 3. The van der Waals surface area contributed by atoms with Gasteiger partial charge in [0.2, 0.25) is 5.91 Å². The minimum atomic E-state index is 0.0959. The average Bonchev–Trinajstić information content (AvgIpc) is 3.02. The normalized spacial score (nSPS) is 25.8. The fourth-order valence-electron chi connectivity index (χ4n) is 3.99. The Kier molecular flexibility index (Phi) is 3.79. The maximum atomic E-state index is 13.0. The van der Waals surface area contributed by atoms with Gasteiger partial charge < -0.3 is 9.64 Å². The van der Waals surface area contributed by atoms with Gasteiger partial charge in [-0.3, -0.25) is 9.48 Å². The summed E-state index contributed by atoms with van der Waals surface area (Å²) in [4.78, 5) is 15.1. The van der Waals surface area contributed by atoms with Crippen LogP contribution in [0.3, 0.4) is 0 Å². The number of aryl methyl sites for hydroxylation is 1. The first kappa shape index (κ1) is 15.2. The van der Waals surface area contributed by atoms with Crippen molar-refractivity contribution in [1.82, 2.24) is 14.7 Å². The molecule has 1 amide bonds. The Balaban J connectivity index is 1.50. The van der Waals surface area contributed by atoms with Gasteiger partial charge in [0.15, 0.2) is 0 Å². The molecule has 1 aromatic carbocycles. The van der Waals surface area contributed by atoms with Crippen LogP contribution in [0.2, 0.25) is 0 Å². The first-order valence-electron chi connectivity index (χ1n) is 8.61.